The van der Waals surface area contributed by atoms with E-state index in [-0.39, 0.29) is 24.7 Å². The Labute approximate surface area is 198 Å². The highest BCUT2D eigenvalue weighted by molar-refractivity contribution is 5.95. The summed E-state index contributed by atoms with van der Waals surface area (Å²) in [6, 6.07) is 8.98. The summed E-state index contributed by atoms with van der Waals surface area (Å²) in [6.07, 6.45) is 4.00. The third-order valence-electron chi connectivity index (χ3n) is 6.32. The second-order valence-corrected chi connectivity index (χ2v) is 8.30. The summed E-state index contributed by atoms with van der Waals surface area (Å²) < 4.78 is 30.0. The lowest BCUT2D eigenvalue weighted by molar-refractivity contribution is -0.0458. The molecule has 2 N–H and O–H groups in total. The van der Waals surface area contributed by atoms with Crippen LogP contribution >= 0.6 is 0 Å². The number of aliphatic hydroxyl groups is 1. The summed E-state index contributed by atoms with van der Waals surface area (Å²) in [7, 11) is 0. The number of halogens is 2. The van der Waals surface area contributed by atoms with Crippen LogP contribution in [-0.2, 0) is 12.1 Å². The molecule has 2 aromatic heterocycles. The Balaban J connectivity index is 1.51. The van der Waals surface area contributed by atoms with Gasteiger partial charge in [-0.15, -0.1) is 15.0 Å². The highest BCUT2D eigenvalue weighted by atomic mass is 19.1. The third kappa shape index (κ3) is 4.10. The molecule has 5 rings (SSSR count). The topological polar surface area (TPSA) is 127 Å². The number of tetrazole rings is 1. The van der Waals surface area contributed by atoms with Crippen molar-refractivity contribution in [3.05, 3.63) is 78.6 Å². The Hall–Kier alpha value is -4.26. The molecular formula is C22H21F2N9O2. The van der Waals surface area contributed by atoms with Gasteiger partial charge in [-0.05, 0) is 35.5 Å². The first-order valence-electron chi connectivity index (χ1n) is 10.8. The Morgan fingerprint density at radius 2 is 1.91 bits per heavy atom. The minimum Gasteiger partial charge on any atom is -0.383 e. The van der Waals surface area contributed by atoms with Gasteiger partial charge in [0.15, 0.2) is 6.33 Å². The normalized spacial score (nSPS) is 18.3. The summed E-state index contributed by atoms with van der Waals surface area (Å²) in [5, 5.41) is 30.3. The molecule has 1 aliphatic rings. The maximum atomic E-state index is 14.9. The van der Waals surface area contributed by atoms with E-state index < -0.39 is 29.2 Å². The zero-order chi connectivity index (χ0) is 24.6. The average Bonchev–Trinajstić information content (AvgIpc) is 3.61. The van der Waals surface area contributed by atoms with E-state index in [4.69, 9.17) is 0 Å². The number of amides is 2. The molecule has 1 fully saturated rings. The summed E-state index contributed by atoms with van der Waals surface area (Å²) in [5.41, 5.74) is -0.755. The Morgan fingerprint density at radius 3 is 2.57 bits per heavy atom. The van der Waals surface area contributed by atoms with E-state index in [0.717, 1.165) is 12.1 Å². The van der Waals surface area contributed by atoms with Crippen LogP contribution in [0, 0.1) is 17.6 Å². The molecule has 2 aromatic carbocycles. The zero-order valence-electron chi connectivity index (χ0n) is 18.5. The van der Waals surface area contributed by atoms with Gasteiger partial charge in [-0.25, -0.2) is 23.2 Å². The lowest BCUT2D eigenvalue weighted by atomic mass is 9.77. The predicted octanol–water partition coefficient (Wildman–Crippen LogP) is 1.65. The van der Waals surface area contributed by atoms with E-state index in [9.17, 15) is 18.7 Å². The quantitative estimate of drug-likeness (QED) is 0.411. The van der Waals surface area contributed by atoms with E-state index in [0.29, 0.717) is 11.4 Å². The molecular weight excluding hydrogens is 460 g/mol. The van der Waals surface area contributed by atoms with Crippen molar-refractivity contribution >= 4 is 11.7 Å². The van der Waals surface area contributed by atoms with E-state index >= 15 is 0 Å². The number of hydrogen-bond donors (Lipinski definition) is 2. The molecule has 3 atom stereocenters. The predicted molar refractivity (Wildman–Crippen MR) is 118 cm³/mol. The van der Waals surface area contributed by atoms with Crippen molar-refractivity contribution in [1.82, 2.24) is 40.3 Å². The SMILES string of the molecule is C[C@H](C1CNC(=O)N1c1ccc(-n2ncnn2)cc1)[C@](O)(Cn1cncn1)c1ccc(F)cc1F. The maximum absolute atomic E-state index is 14.9. The zero-order valence-corrected chi connectivity index (χ0v) is 18.5. The minimum absolute atomic E-state index is 0.103. The third-order valence-corrected chi connectivity index (χ3v) is 6.32. The van der Waals surface area contributed by atoms with Crippen molar-refractivity contribution in [3.63, 3.8) is 0 Å². The van der Waals surface area contributed by atoms with Crippen LogP contribution in [0.15, 0.2) is 61.4 Å². The molecule has 11 nitrogen and oxygen atoms in total. The van der Waals surface area contributed by atoms with E-state index in [2.05, 4.69) is 30.8 Å². The van der Waals surface area contributed by atoms with Gasteiger partial charge in [0, 0.05) is 29.8 Å². The number of nitrogens with one attached hydrogen (secondary N) is 1. The number of aromatic nitrogens is 7. The van der Waals surface area contributed by atoms with Crippen molar-refractivity contribution in [2.24, 2.45) is 5.92 Å². The number of benzene rings is 2. The van der Waals surface area contributed by atoms with Gasteiger partial charge in [-0.3, -0.25) is 4.90 Å². The first-order valence-corrected chi connectivity index (χ1v) is 10.8. The van der Waals surface area contributed by atoms with Crippen LogP contribution in [0.2, 0.25) is 0 Å². The lowest BCUT2D eigenvalue weighted by Gasteiger charge is -2.40. The first-order chi connectivity index (χ1) is 16.9. The molecule has 4 aromatic rings. The number of carbonyl (C=O) groups is 1. The van der Waals surface area contributed by atoms with Crippen LogP contribution in [-0.4, -0.2) is 58.7 Å². The smallest absolute Gasteiger partial charge is 0.322 e. The Bertz CT molecular complexity index is 1320. The fraction of sp³-hybridized carbons (Fsp3) is 0.273. The molecule has 0 bridgehead atoms. The van der Waals surface area contributed by atoms with Gasteiger partial charge >= 0.3 is 6.03 Å². The van der Waals surface area contributed by atoms with E-state index in [1.807, 2.05) is 0 Å². The van der Waals surface area contributed by atoms with Crippen LogP contribution in [0.3, 0.4) is 0 Å². The van der Waals surface area contributed by atoms with Crippen molar-refractivity contribution in [2.45, 2.75) is 25.1 Å². The second kappa shape index (κ2) is 8.83. The van der Waals surface area contributed by atoms with Crippen LogP contribution in [0.4, 0.5) is 19.3 Å². The number of anilines is 1. The van der Waals surface area contributed by atoms with Gasteiger partial charge < -0.3 is 10.4 Å². The number of carbonyl (C=O) groups excluding carboxylic acids is 1. The molecule has 35 heavy (non-hydrogen) atoms. The fourth-order valence-corrected chi connectivity index (χ4v) is 4.45. The van der Waals surface area contributed by atoms with Crippen LogP contribution in [0.5, 0.6) is 0 Å². The largest absolute Gasteiger partial charge is 0.383 e. The highest BCUT2D eigenvalue weighted by Gasteiger charge is 2.48. The Morgan fingerprint density at radius 1 is 1.14 bits per heavy atom. The van der Waals surface area contributed by atoms with Gasteiger partial charge in [0.1, 0.15) is 29.9 Å². The molecule has 3 heterocycles. The standard InChI is InChI=1S/C22H21F2N9O2/c1-14(22(35,10-31-13-25-11-28-31)18-7-2-15(23)8-19(18)24)20-9-26-21(34)32(20)16-3-5-17(6-4-16)33-29-12-27-30-33/h2-8,11-14,20,35H,9-10H2,1H3,(H,26,34)/t14-,20?,22-/m1/s1. The summed E-state index contributed by atoms with van der Waals surface area (Å²) >= 11 is 0. The van der Waals surface area contributed by atoms with E-state index in [1.54, 1.807) is 31.2 Å². The number of rotatable bonds is 7. The van der Waals surface area contributed by atoms with Gasteiger partial charge in [0.25, 0.3) is 0 Å². The molecule has 0 aliphatic carbocycles. The second-order valence-electron chi connectivity index (χ2n) is 8.30. The number of nitrogens with zero attached hydrogens (tertiary/aromatic N) is 8. The van der Waals surface area contributed by atoms with Crippen molar-refractivity contribution in [2.75, 3.05) is 11.4 Å². The molecule has 0 radical (unpaired) electrons. The lowest BCUT2D eigenvalue weighted by Crippen LogP contribution is -2.50. The van der Waals surface area contributed by atoms with Gasteiger partial charge in [-0.2, -0.15) is 5.10 Å². The minimum atomic E-state index is -1.86. The van der Waals surface area contributed by atoms with Gasteiger partial charge in [0.05, 0.1) is 18.3 Å². The summed E-state index contributed by atoms with van der Waals surface area (Å²) in [6.45, 7) is 1.76. The molecule has 1 saturated heterocycles. The molecule has 2 amide bonds. The van der Waals surface area contributed by atoms with Gasteiger partial charge in [-0.1, -0.05) is 13.0 Å². The van der Waals surface area contributed by atoms with Gasteiger partial charge in [0.2, 0.25) is 0 Å². The monoisotopic (exact) mass is 481 g/mol. The van der Waals surface area contributed by atoms with Crippen molar-refractivity contribution in [3.8, 4) is 5.69 Å². The van der Waals surface area contributed by atoms with E-state index in [1.165, 1.54) is 39.4 Å². The summed E-state index contributed by atoms with van der Waals surface area (Å²) in [4.78, 5) is 19.6. The molecule has 13 heteroatoms. The van der Waals surface area contributed by atoms with Crippen molar-refractivity contribution < 1.29 is 18.7 Å². The average molecular weight is 481 g/mol. The van der Waals surface area contributed by atoms with Crippen LogP contribution in [0.25, 0.3) is 5.69 Å². The first kappa shape index (κ1) is 22.5. The highest BCUT2D eigenvalue weighted by Crippen LogP contribution is 2.39. The summed E-state index contributed by atoms with van der Waals surface area (Å²) in [5.74, 6) is -2.38. The molecule has 180 valence electrons. The molecule has 1 unspecified atom stereocenters. The number of hydrogen-bond acceptors (Lipinski definition) is 7. The Kier molecular flexibility index (Phi) is 5.68. The maximum Gasteiger partial charge on any atom is 0.322 e. The molecule has 1 aliphatic heterocycles. The molecule has 0 saturated carbocycles. The van der Waals surface area contributed by atoms with Crippen LogP contribution in [0.1, 0.15) is 12.5 Å². The van der Waals surface area contributed by atoms with Crippen molar-refractivity contribution in [1.29, 1.82) is 0 Å². The molecule has 0 spiro atoms. The number of urea groups is 1. The fourth-order valence-electron chi connectivity index (χ4n) is 4.45. The van der Waals surface area contributed by atoms with Crippen LogP contribution < -0.4 is 10.2 Å².